The van der Waals surface area contributed by atoms with Crippen molar-refractivity contribution >= 4 is 61.9 Å². The van der Waals surface area contributed by atoms with Gasteiger partial charge in [-0.15, -0.1) is 0 Å². The number of hydrogen-bond donors (Lipinski definition) is 5. The van der Waals surface area contributed by atoms with Gasteiger partial charge in [0.1, 0.15) is 0 Å². The first-order valence-electron chi connectivity index (χ1n) is 12.3. The van der Waals surface area contributed by atoms with Crippen molar-refractivity contribution in [3.63, 3.8) is 0 Å². The van der Waals surface area contributed by atoms with E-state index in [1.165, 1.54) is 42.5 Å². The fraction of sp³-hybridized carbons (Fsp3) is 0.360. The number of nitrogens with one attached hydrogen (secondary N) is 4. The maximum atomic E-state index is 12.8. The molecule has 16 heteroatoms. The summed E-state index contributed by atoms with van der Waals surface area (Å²) in [6, 6.07) is 8.12. The molecule has 0 aromatic heterocycles. The summed E-state index contributed by atoms with van der Waals surface area (Å²) in [5, 5.41) is 14.7. The molecule has 1 aliphatic carbocycles. The summed E-state index contributed by atoms with van der Waals surface area (Å²) in [5.74, 6) is -4.17. The molecule has 0 bridgehead atoms. The first-order chi connectivity index (χ1) is 19.2. The third kappa shape index (κ3) is 9.12. The largest absolute Gasteiger partial charge is 0.471 e. The molecule has 6 N–H and O–H groups in total. The SMILES string of the molecule is NS(=O)(=O)c1ccc(C(=O)N[C@H]2CCCC[C@H]2NC(=O)CNC(=O)c2cc(CI)ccc2NC(=O)C(F)(F)F)cc1. The Kier molecular flexibility index (Phi) is 10.7. The summed E-state index contributed by atoms with van der Waals surface area (Å²) in [7, 11) is -3.91. The van der Waals surface area contributed by atoms with Crippen molar-refractivity contribution in [3.05, 3.63) is 59.2 Å². The molecule has 1 fully saturated rings. The zero-order valence-corrected chi connectivity index (χ0v) is 24.4. The Morgan fingerprint density at radius 1 is 0.927 bits per heavy atom. The van der Waals surface area contributed by atoms with Crippen LogP contribution in [0.3, 0.4) is 0 Å². The number of nitrogens with two attached hydrogens (primary N) is 1. The predicted molar refractivity (Wildman–Crippen MR) is 151 cm³/mol. The Morgan fingerprint density at radius 3 is 2.10 bits per heavy atom. The van der Waals surface area contributed by atoms with E-state index in [2.05, 4.69) is 16.0 Å². The lowest BCUT2D eigenvalue weighted by Crippen LogP contribution is -2.54. The number of hydrogen-bond acceptors (Lipinski definition) is 6. The van der Waals surface area contributed by atoms with Crippen LogP contribution in [0.2, 0.25) is 0 Å². The average Bonchev–Trinajstić information content (AvgIpc) is 2.92. The topological polar surface area (TPSA) is 177 Å². The van der Waals surface area contributed by atoms with E-state index < -0.39 is 58.5 Å². The van der Waals surface area contributed by atoms with Crippen LogP contribution in [0.4, 0.5) is 18.9 Å². The molecule has 0 heterocycles. The maximum absolute atomic E-state index is 12.8. The van der Waals surface area contributed by atoms with Crippen LogP contribution in [0, 0.1) is 0 Å². The minimum absolute atomic E-state index is 0.144. The van der Waals surface area contributed by atoms with Gasteiger partial charge < -0.3 is 21.3 Å². The Morgan fingerprint density at radius 2 is 1.54 bits per heavy atom. The molecule has 2 aromatic carbocycles. The molecule has 2 aromatic rings. The second-order valence-electron chi connectivity index (χ2n) is 9.26. The van der Waals surface area contributed by atoms with Gasteiger partial charge in [-0.3, -0.25) is 19.2 Å². The number of anilines is 1. The smallest absolute Gasteiger partial charge is 0.350 e. The first-order valence-corrected chi connectivity index (χ1v) is 15.3. The number of alkyl halides is 4. The lowest BCUT2D eigenvalue weighted by molar-refractivity contribution is -0.167. The van der Waals surface area contributed by atoms with Crippen LogP contribution in [0.1, 0.15) is 52.0 Å². The molecule has 222 valence electrons. The van der Waals surface area contributed by atoms with Gasteiger partial charge >= 0.3 is 12.1 Å². The monoisotopic (exact) mass is 709 g/mol. The number of halogens is 4. The number of sulfonamides is 1. The Labute approximate surface area is 247 Å². The second-order valence-corrected chi connectivity index (χ2v) is 11.6. The summed E-state index contributed by atoms with van der Waals surface area (Å²) in [6.07, 6.45) is -2.49. The highest BCUT2D eigenvalue weighted by Crippen LogP contribution is 2.23. The summed E-state index contributed by atoms with van der Waals surface area (Å²) < 4.78 is 61.5. The molecule has 0 unspecified atom stereocenters. The average molecular weight is 709 g/mol. The number of rotatable bonds is 9. The lowest BCUT2D eigenvalue weighted by atomic mass is 9.90. The Bertz CT molecular complexity index is 1420. The van der Waals surface area contributed by atoms with Gasteiger partial charge in [0.05, 0.1) is 22.7 Å². The van der Waals surface area contributed by atoms with Crippen molar-refractivity contribution in [2.24, 2.45) is 5.14 Å². The van der Waals surface area contributed by atoms with Crippen LogP contribution in [0.25, 0.3) is 0 Å². The number of amides is 4. The van der Waals surface area contributed by atoms with E-state index in [1.54, 1.807) is 5.32 Å². The molecular formula is C25H27F3IN5O6S. The molecule has 0 spiro atoms. The molecule has 1 aliphatic rings. The van der Waals surface area contributed by atoms with Crippen molar-refractivity contribution in [1.29, 1.82) is 0 Å². The van der Waals surface area contributed by atoms with Crippen LogP contribution < -0.4 is 26.4 Å². The van der Waals surface area contributed by atoms with E-state index >= 15 is 0 Å². The second kappa shape index (κ2) is 13.6. The Balaban J connectivity index is 1.62. The van der Waals surface area contributed by atoms with Crippen molar-refractivity contribution in [3.8, 4) is 0 Å². The van der Waals surface area contributed by atoms with Gasteiger partial charge in [0.2, 0.25) is 15.9 Å². The first kappa shape index (κ1) is 32.3. The van der Waals surface area contributed by atoms with E-state index in [4.69, 9.17) is 5.14 Å². The van der Waals surface area contributed by atoms with Gasteiger partial charge in [-0.25, -0.2) is 13.6 Å². The predicted octanol–water partition coefficient (Wildman–Crippen LogP) is 2.36. The summed E-state index contributed by atoms with van der Waals surface area (Å²) >= 11 is 2.00. The molecule has 4 amide bonds. The van der Waals surface area contributed by atoms with Gasteiger partial charge in [-0.05, 0) is 54.8 Å². The zero-order valence-electron chi connectivity index (χ0n) is 21.4. The normalized spacial score (nSPS) is 17.3. The highest BCUT2D eigenvalue weighted by Gasteiger charge is 2.39. The fourth-order valence-electron chi connectivity index (χ4n) is 4.20. The lowest BCUT2D eigenvalue weighted by Gasteiger charge is -2.33. The number of primary sulfonamides is 1. The van der Waals surface area contributed by atoms with Crippen LogP contribution in [0.5, 0.6) is 0 Å². The fourth-order valence-corrected chi connectivity index (χ4v) is 5.19. The molecular weight excluding hydrogens is 682 g/mol. The molecule has 0 radical (unpaired) electrons. The number of benzene rings is 2. The van der Waals surface area contributed by atoms with Crippen LogP contribution in [-0.2, 0) is 24.0 Å². The van der Waals surface area contributed by atoms with E-state index in [0.717, 1.165) is 12.8 Å². The molecule has 1 saturated carbocycles. The molecule has 0 saturated heterocycles. The van der Waals surface area contributed by atoms with Gasteiger partial charge in [-0.1, -0.05) is 41.5 Å². The third-order valence-electron chi connectivity index (χ3n) is 6.27. The van der Waals surface area contributed by atoms with Crippen molar-refractivity contribution in [2.75, 3.05) is 11.9 Å². The van der Waals surface area contributed by atoms with Gasteiger partial charge in [-0.2, -0.15) is 13.2 Å². The number of carbonyl (C=O) groups is 4. The number of carbonyl (C=O) groups excluding carboxylic acids is 4. The highest BCUT2D eigenvalue weighted by molar-refractivity contribution is 14.1. The molecule has 11 nitrogen and oxygen atoms in total. The quantitative estimate of drug-likeness (QED) is 0.197. The van der Waals surface area contributed by atoms with Crippen molar-refractivity contribution in [2.45, 2.75) is 53.3 Å². The molecule has 0 aliphatic heterocycles. The van der Waals surface area contributed by atoms with E-state index in [0.29, 0.717) is 22.8 Å². The maximum Gasteiger partial charge on any atom is 0.471 e. The van der Waals surface area contributed by atoms with E-state index in [1.807, 2.05) is 22.6 Å². The van der Waals surface area contributed by atoms with Crippen molar-refractivity contribution in [1.82, 2.24) is 16.0 Å². The summed E-state index contributed by atoms with van der Waals surface area (Å²) in [4.78, 5) is 49.5. The van der Waals surface area contributed by atoms with Gasteiger partial charge in [0, 0.05) is 22.1 Å². The van der Waals surface area contributed by atoms with Crippen molar-refractivity contribution < 1.29 is 40.8 Å². The minimum Gasteiger partial charge on any atom is -0.350 e. The minimum atomic E-state index is -5.16. The zero-order chi connectivity index (χ0) is 30.4. The third-order valence-corrected chi connectivity index (χ3v) is 8.08. The van der Waals surface area contributed by atoms with Crippen LogP contribution in [0.15, 0.2) is 47.4 Å². The van der Waals surface area contributed by atoms with Crippen LogP contribution >= 0.6 is 22.6 Å². The Hall–Kier alpha value is -3.25. The summed E-state index contributed by atoms with van der Waals surface area (Å²) in [6.45, 7) is -0.508. The molecule has 2 atom stereocenters. The van der Waals surface area contributed by atoms with E-state index in [-0.39, 0.29) is 21.7 Å². The van der Waals surface area contributed by atoms with Gasteiger partial charge in [0.15, 0.2) is 0 Å². The molecule has 3 rings (SSSR count). The van der Waals surface area contributed by atoms with Gasteiger partial charge in [0.25, 0.3) is 11.8 Å². The van der Waals surface area contributed by atoms with E-state index in [9.17, 15) is 40.8 Å². The highest BCUT2D eigenvalue weighted by atomic mass is 127. The van der Waals surface area contributed by atoms with Crippen LogP contribution in [-0.4, -0.2) is 56.9 Å². The summed E-state index contributed by atoms with van der Waals surface area (Å²) in [5.41, 5.74) is 0.222. The molecule has 41 heavy (non-hydrogen) atoms. The standard InChI is InChI=1S/C25H27F3IN5O6S/c26-25(27,28)24(38)34-18-10-5-14(12-29)11-17(18)23(37)31-13-21(35)32-19-3-1-2-4-20(19)33-22(36)15-6-8-16(9-7-15)41(30,39)40/h5-11,19-20H,1-4,12-13H2,(H,31,37)(H,32,35)(H,33,36)(H,34,38)(H2,30,39,40)/t19-,20+/m1/s1.